The normalized spacial score (nSPS) is 12.6. The summed E-state index contributed by atoms with van der Waals surface area (Å²) in [6.07, 6.45) is 2.61. The van der Waals surface area contributed by atoms with E-state index in [9.17, 15) is 8.42 Å². The summed E-state index contributed by atoms with van der Waals surface area (Å²) in [6, 6.07) is 9.70. The fourth-order valence-corrected chi connectivity index (χ4v) is 3.45. The molecule has 0 amide bonds. The van der Waals surface area contributed by atoms with E-state index in [4.69, 9.17) is 0 Å². The molecule has 0 unspecified atom stereocenters. The third-order valence-corrected chi connectivity index (χ3v) is 5.15. The van der Waals surface area contributed by atoms with Gasteiger partial charge in [-0.3, -0.25) is 0 Å². The molecule has 3 nitrogen and oxygen atoms in total. The molecule has 1 N–H and O–H groups in total. The summed E-state index contributed by atoms with van der Waals surface area (Å²) in [4.78, 5) is 0. The van der Waals surface area contributed by atoms with Crippen LogP contribution >= 0.6 is 15.9 Å². The van der Waals surface area contributed by atoms with E-state index < -0.39 is 10.0 Å². The summed E-state index contributed by atoms with van der Waals surface area (Å²) >= 11 is 3.40. The molecular weight excluding hydrogens is 338 g/mol. The van der Waals surface area contributed by atoms with Crippen molar-refractivity contribution < 1.29 is 8.42 Å². The topological polar surface area (TPSA) is 46.2 Å². The van der Waals surface area contributed by atoms with Gasteiger partial charge in [0.1, 0.15) is 0 Å². The van der Waals surface area contributed by atoms with Gasteiger partial charge in [-0.05, 0) is 30.2 Å². The first-order valence-corrected chi connectivity index (χ1v) is 9.69. The lowest BCUT2D eigenvalue weighted by Crippen LogP contribution is -2.35. The second-order valence-electron chi connectivity index (χ2n) is 5.83. The second kappa shape index (κ2) is 8.15. The van der Waals surface area contributed by atoms with Crippen LogP contribution in [0.2, 0.25) is 0 Å². The number of hydrogen-bond acceptors (Lipinski definition) is 2. The van der Waals surface area contributed by atoms with Gasteiger partial charge in [0, 0.05) is 11.9 Å². The molecule has 1 rings (SSSR count). The van der Waals surface area contributed by atoms with Gasteiger partial charge in [0.05, 0.1) is 5.75 Å². The Hall–Kier alpha value is -0.390. The van der Waals surface area contributed by atoms with Gasteiger partial charge < -0.3 is 0 Å². The van der Waals surface area contributed by atoms with E-state index in [0.29, 0.717) is 13.0 Å². The van der Waals surface area contributed by atoms with Crippen LogP contribution in [0, 0.1) is 5.41 Å². The zero-order valence-corrected chi connectivity index (χ0v) is 14.6. The number of aryl methyl sites for hydroxylation is 1. The zero-order chi connectivity index (χ0) is 15.1. The van der Waals surface area contributed by atoms with Crippen LogP contribution in [-0.4, -0.2) is 26.0 Å². The van der Waals surface area contributed by atoms with Crippen LogP contribution in [0.5, 0.6) is 0 Å². The molecule has 0 aromatic heterocycles. The van der Waals surface area contributed by atoms with Crippen molar-refractivity contribution in [2.45, 2.75) is 33.1 Å². The Bertz CT molecular complexity index is 486. The average Bonchev–Trinajstić information content (AvgIpc) is 2.43. The van der Waals surface area contributed by atoms with E-state index in [1.165, 1.54) is 0 Å². The minimum atomic E-state index is -3.20. The molecule has 0 saturated carbocycles. The van der Waals surface area contributed by atoms with Crippen molar-refractivity contribution in [2.24, 2.45) is 5.41 Å². The van der Waals surface area contributed by atoms with Crippen molar-refractivity contribution in [3.8, 4) is 0 Å². The molecule has 0 radical (unpaired) electrons. The minimum Gasteiger partial charge on any atom is -0.215 e. The Morgan fingerprint density at radius 1 is 1.20 bits per heavy atom. The SMILES string of the molecule is CC(C)(CCCBr)CNS(=O)(=O)CCc1ccccc1. The van der Waals surface area contributed by atoms with Crippen LogP contribution in [0.4, 0.5) is 0 Å². The van der Waals surface area contributed by atoms with Crippen LogP contribution < -0.4 is 4.72 Å². The van der Waals surface area contributed by atoms with Crippen molar-refractivity contribution >= 4 is 26.0 Å². The monoisotopic (exact) mass is 361 g/mol. The number of halogens is 1. The van der Waals surface area contributed by atoms with E-state index in [1.54, 1.807) is 0 Å². The standard InChI is InChI=1S/C15H24BrNO2S/c1-15(2,10-6-11-16)13-17-20(18,19)12-9-14-7-4-3-5-8-14/h3-5,7-8,17H,6,9-13H2,1-2H3. The first-order chi connectivity index (χ1) is 9.35. The molecule has 5 heteroatoms. The zero-order valence-electron chi connectivity index (χ0n) is 12.2. The summed E-state index contributed by atoms with van der Waals surface area (Å²) in [5, 5.41) is 0.956. The smallest absolute Gasteiger partial charge is 0.211 e. The lowest BCUT2D eigenvalue weighted by molar-refractivity contribution is 0.332. The average molecular weight is 362 g/mol. The number of alkyl halides is 1. The number of rotatable bonds is 9. The number of sulfonamides is 1. The molecular formula is C15H24BrNO2S. The Balaban J connectivity index is 2.42. The van der Waals surface area contributed by atoms with Crippen molar-refractivity contribution in [1.29, 1.82) is 0 Å². The van der Waals surface area contributed by atoms with Gasteiger partial charge in [-0.15, -0.1) is 0 Å². The predicted octanol–water partition coefficient (Wildman–Crippen LogP) is 3.35. The van der Waals surface area contributed by atoms with E-state index in [0.717, 1.165) is 23.7 Å². The molecule has 1 aromatic carbocycles. The van der Waals surface area contributed by atoms with Crippen molar-refractivity contribution in [3.05, 3.63) is 35.9 Å². The van der Waals surface area contributed by atoms with Gasteiger partial charge >= 0.3 is 0 Å². The molecule has 0 saturated heterocycles. The van der Waals surface area contributed by atoms with E-state index in [2.05, 4.69) is 34.5 Å². The van der Waals surface area contributed by atoms with Crippen LogP contribution in [0.25, 0.3) is 0 Å². The molecule has 0 aliphatic carbocycles. The minimum absolute atomic E-state index is 0.00636. The van der Waals surface area contributed by atoms with Crippen molar-refractivity contribution in [3.63, 3.8) is 0 Å². The number of hydrogen-bond donors (Lipinski definition) is 1. The maximum Gasteiger partial charge on any atom is 0.211 e. The van der Waals surface area contributed by atoms with E-state index in [1.807, 2.05) is 30.3 Å². The molecule has 20 heavy (non-hydrogen) atoms. The predicted molar refractivity (Wildman–Crippen MR) is 88.7 cm³/mol. The largest absolute Gasteiger partial charge is 0.215 e. The highest BCUT2D eigenvalue weighted by molar-refractivity contribution is 9.09. The fraction of sp³-hybridized carbons (Fsp3) is 0.600. The Morgan fingerprint density at radius 2 is 1.85 bits per heavy atom. The van der Waals surface area contributed by atoms with Gasteiger partial charge in [-0.25, -0.2) is 13.1 Å². The summed E-state index contributed by atoms with van der Waals surface area (Å²) < 4.78 is 26.7. The maximum absolute atomic E-state index is 12.0. The van der Waals surface area contributed by atoms with Gasteiger partial charge in [0.2, 0.25) is 10.0 Å². The maximum atomic E-state index is 12.0. The Labute approximate surface area is 131 Å². The summed E-state index contributed by atoms with van der Waals surface area (Å²) in [5.74, 6) is 0.144. The highest BCUT2D eigenvalue weighted by Crippen LogP contribution is 2.21. The van der Waals surface area contributed by atoms with Crippen LogP contribution in [0.1, 0.15) is 32.3 Å². The lowest BCUT2D eigenvalue weighted by atomic mass is 9.88. The summed E-state index contributed by atoms with van der Waals surface area (Å²) in [5.41, 5.74) is 1.05. The molecule has 0 heterocycles. The molecule has 0 atom stereocenters. The van der Waals surface area contributed by atoms with Crippen molar-refractivity contribution in [1.82, 2.24) is 4.72 Å². The summed E-state index contributed by atoms with van der Waals surface area (Å²) in [7, 11) is -3.20. The fourth-order valence-electron chi connectivity index (χ4n) is 1.91. The van der Waals surface area contributed by atoms with Gasteiger partial charge in [-0.1, -0.05) is 60.1 Å². The molecule has 0 bridgehead atoms. The third-order valence-electron chi connectivity index (χ3n) is 3.26. The van der Waals surface area contributed by atoms with Gasteiger partial charge in [-0.2, -0.15) is 0 Å². The summed E-state index contributed by atoms with van der Waals surface area (Å²) in [6.45, 7) is 4.68. The Morgan fingerprint density at radius 3 is 2.45 bits per heavy atom. The molecule has 0 aliphatic rings. The first kappa shape index (κ1) is 17.7. The molecule has 1 aromatic rings. The quantitative estimate of drug-likeness (QED) is 0.685. The first-order valence-electron chi connectivity index (χ1n) is 6.92. The number of benzene rings is 1. The molecule has 0 spiro atoms. The molecule has 0 aliphatic heterocycles. The van der Waals surface area contributed by atoms with Gasteiger partial charge in [0.25, 0.3) is 0 Å². The van der Waals surface area contributed by atoms with E-state index >= 15 is 0 Å². The van der Waals surface area contributed by atoms with Crippen LogP contribution in [0.15, 0.2) is 30.3 Å². The van der Waals surface area contributed by atoms with Gasteiger partial charge in [0.15, 0.2) is 0 Å². The second-order valence-corrected chi connectivity index (χ2v) is 8.55. The third kappa shape index (κ3) is 7.41. The van der Waals surface area contributed by atoms with E-state index in [-0.39, 0.29) is 11.2 Å². The van der Waals surface area contributed by atoms with Crippen LogP contribution in [0.3, 0.4) is 0 Å². The molecule has 0 fully saturated rings. The van der Waals surface area contributed by atoms with Crippen molar-refractivity contribution in [2.75, 3.05) is 17.6 Å². The lowest BCUT2D eigenvalue weighted by Gasteiger charge is -2.24. The molecule has 114 valence electrons. The van der Waals surface area contributed by atoms with Crippen LogP contribution in [-0.2, 0) is 16.4 Å². The number of nitrogens with one attached hydrogen (secondary N) is 1. The highest BCUT2D eigenvalue weighted by Gasteiger charge is 2.20. The highest BCUT2D eigenvalue weighted by atomic mass is 79.9. The Kier molecular flexibility index (Phi) is 7.20.